The summed E-state index contributed by atoms with van der Waals surface area (Å²) in [4.78, 5) is 2.32. The Hall–Kier alpha value is -2.62. The summed E-state index contributed by atoms with van der Waals surface area (Å²) in [6.07, 6.45) is 6.39. The van der Waals surface area contributed by atoms with Crippen LogP contribution in [-0.4, -0.2) is 28.4 Å². The van der Waals surface area contributed by atoms with E-state index in [4.69, 9.17) is 0 Å². The molecule has 0 bridgehead atoms. The molecule has 0 radical (unpaired) electrons. The van der Waals surface area contributed by atoms with E-state index in [1.807, 2.05) is 19.1 Å². The number of phenols is 1. The average Bonchev–Trinajstić information content (AvgIpc) is 2.68. The number of aromatic hydroxyl groups is 1. The first-order chi connectivity index (χ1) is 12.6. The summed E-state index contributed by atoms with van der Waals surface area (Å²) in [5.74, 6) is 1.24. The molecule has 1 heterocycles. The van der Waals surface area contributed by atoms with Gasteiger partial charge in [0.2, 0.25) is 0 Å². The lowest BCUT2D eigenvalue weighted by Crippen LogP contribution is -2.34. The predicted octanol–water partition coefficient (Wildman–Crippen LogP) is 5.08. The quantitative estimate of drug-likeness (QED) is 0.718. The molecule has 134 valence electrons. The van der Waals surface area contributed by atoms with Crippen molar-refractivity contribution in [3.05, 3.63) is 48.0 Å². The van der Waals surface area contributed by atoms with Gasteiger partial charge in [-0.2, -0.15) is 0 Å². The number of aryl methyl sites for hydroxylation is 1. The van der Waals surface area contributed by atoms with E-state index in [0.717, 1.165) is 33.4 Å². The summed E-state index contributed by atoms with van der Waals surface area (Å²) >= 11 is 0. The molecule has 4 rings (SSSR count). The van der Waals surface area contributed by atoms with E-state index in [9.17, 15) is 5.11 Å². The van der Waals surface area contributed by atoms with E-state index in [1.165, 1.54) is 32.1 Å². The maximum Gasteiger partial charge on any atom is 0.159 e. The van der Waals surface area contributed by atoms with Gasteiger partial charge in [-0.05, 0) is 43.5 Å². The highest BCUT2D eigenvalue weighted by Crippen LogP contribution is 2.35. The second kappa shape index (κ2) is 6.94. The number of benzene rings is 2. The van der Waals surface area contributed by atoms with Gasteiger partial charge in [-0.3, -0.25) is 0 Å². The Morgan fingerprint density at radius 1 is 0.962 bits per heavy atom. The van der Waals surface area contributed by atoms with Crippen LogP contribution in [0.15, 0.2) is 42.5 Å². The van der Waals surface area contributed by atoms with Gasteiger partial charge in [0.1, 0.15) is 11.4 Å². The zero-order chi connectivity index (χ0) is 18.1. The first kappa shape index (κ1) is 16.8. The minimum absolute atomic E-state index is 0.275. The van der Waals surface area contributed by atoms with Crippen LogP contribution in [0.2, 0.25) is 0 Å². The Morgan fingerprint density at radius 3 is 2.42 bits per heavy atom. The molecule has 0 aliphatic heterocycles. The number of fused-ring (bicyclic) bond motifs is 1. The second-order valence-electron chi connectivity index (χ2n) is 7.32. The van der Waals surface area contributed by atoms with E-state index < -0.39 is 0 Å². The van der Waals surface area contributed by atoms with Gasteiger partial charge in [0.15, 0.2) is 5.82 Å². The SMILES string of the molecule is Cc1cc(O)ccc1-c1nnc(N(C)C2CCCCC2)c2ccccc12. The third kappa shape index (κ3) is 3.00. The van der Waals surface area contributed by atoms with Crippen molar-refractivity contribution in [3.8, 4) is 17.0 Å². The Labute approximate surface area is 154 Å². The minimum atomic E-state index is 0.275. The first-order valence-electron chi connectivity index (χ1n) is 9.43. The normalized spacial score (nSPS) is 15.3. The molecule has 4 nitrogen and oxygen atoms in total. The van der Waals surface area contributed by atoms with E-state index in [0.29, 0.717) is 6.04 Å². The maximum atomic E-state index is 9.72. The van der Waals surface area contributed by atoms with Crippen LogP contribution in [0.3, 0.4) is 0 Å². The smallest absolute Gasteiger partial charge is 0.159 e. The fraction of sp³-hybridized carbons (Fsp3) is 0.364. The molecule has 0 unspecified atom stereocenters. The first-order valence-corrected chi connectivity index (χ1v) is 9.43. The molecule has 0 atom stereocenters. The van der Waals surface area contributed by atoms with Crippen LogP contribution in [-0.2, 0) is 0 Å². The molecule has 1 saturated carbocycles. The van der Waals surface area contributed by atoms with Crippen LogP contribution in [0.5, 0.6) is 5.75 Å². The fourth-order valence-corrected chi connectivity index (χ4v) is 4.10. The number of phenolic OH excluding ortho intramolecular Hbond substituents is 1. The maximum absolute atomic E-state index is 9.72. The number of aromatic nitrogens is 2. The average molecular weight is 347 g/mol. The standard InChI is InChI=1S/C22H25N3O/c1-15-14-17(26)12-13-18(15)21-19-10-6-7-11-20(19)22(24-23-21)25(2)16-8-4-3-5-9-16/h6-7,10-14,16,26H,3-5,8-9H2,1-2H3. The van der Waals surface area contributed by atoms with Crippen molar-refractivity contribution in [2.24, 2.45) is 0 Å². The van der Waals surface area contributed by atoms with Crippen LogP contribution >= 0.6 is 0 Å². The zero-order valence-electron chi connectivity index (χ0n) is 15.4. The van der Waals surface area contributed by atoms with Crippen molar-refractivity contribution in [2.45, 2.75) is 45.1 Å². The van der Waals surface area contributed by atoms with Gasteiger partial charge in [-0.15, -0.1) is 10.2 Å². The Bertz CT molecular complexity index is 932. The summed E-state index contributed by atoms with van der Waals surface area (Å²) in [7, 11) is 2.15. The van der Waals surface area contributed by atoms with Crippen LogP contribution in [0.25, 0.3) is 22.0 Å². The van der Waals surface area contributed by atoms with Gasteiger partial charge >= 0.3 is 0 Å². The Balaban J connectivity index is 1.83. The van der Waals surface area contributed by atoms with Gasteiger partial charge in [0.25, 0.3) is 0 Å². The monoisotopic (exact) mass is 347 g/mol. The number of anilines is 1. The third-order valence-corrected chi connectivity index (χ3v) is 5.59. The topological polar surface area (TPSA) is 49.3 Å². The summed E-state index contributed by atoms with van der Waals surface area (Å²) in [5, 5.41) is 21.2. The molecular weight excluding hydrogens is 322 g/mol. The highest BCUT2D eigenvalue weighted by molar-refractivity contribution is 6.00. The minimum Gasteiger partial charge on any atom is -0.508 e. The second-order valence-corrected chi connectivity index (χ2v) is 7.32. The van der Waals surface area contributed by atoms with Crippen molar-refractivity contribution in [3.63, 3.8) is 0 Å². The van der Waals surface area contributed by atoms with Crippen LogP contribution in [0.4, 0.5) is 5.82 Å². The number of hydrogen-bond donors (Lipinski definition) is 1. The van der Waals surface area contributed by atoms with Gasteiger partial charge < -0.3 is 10.0 Å². The predicted molar refractivity (Wildman–Crippen MR) is 107 cm³/mol. The molecule has 4 heteroatoms. The number of rotatable bonds is 3. The van der Waals surface area contributed by atoms with E-state index >= 15 is 0 Å². The molecule has 1 aromatic heterocycles. The molecule has 1 aliphatic rings. The summed E-state index contributed by atoms with van der Waals surface area (Å²) < 4.78 is 0. The molecule has 0 amide bonds. The Morgan fingerprint density at radius 2 is 1.69 bits per heavy atom. The lowest BCUT2D eigenvalue weighted by atomic mass is 9.94. The molecular formula is C22H25N3O. The summed E-state index contributed by atoms with van der Waals surface area (Å²) in [6, 6.07) is 14.3. The van der Waals surface area contributed by atoms with Gasteiger partial charge in [-0.1, -0.05) is 43.5 Å². The molecule has 0 spiro atoms. The molecule has 1 fully saturated rings. The van der Waals surface area contributed by atoms with Crippen molar-refractivity contribution >= 4 is 16.6 Å². The van der Waals surface area contributed by atoms with Crippen LogP contribution in [0.1, 0.15) is 37.7 Å². The van der Waals surface area contributed by atoms with Gasteiger partial charge in [0, 0.05) is 29.4 Å². The molecule has 26 heavy (non-hydrogen) atoms. The molecule has 3 aromatic rings. The Kier molecular flexibility index (Phi) is 4.49. The summed E-state index contributed by atoms with van der Waals surface area (Å²) in [6.45, 7) is 1.99. The van der Waals surface area contributed by atoms with Crippen molar-refractivity contribution in [1.82, 2.24) is 10.2 Å². The number of hydrogen-bond acceptors (Lipinski definition) is 4. The van der Waals surface area contributed by atoms with Crippen molar-refractivity contribution in [1.29, 1.82) is 0 Å². The van der Waals surface area contributed by atoms with E-state index in [-0.39, 0.29) is 5.75 Å². The van der Waals surface area contributed by atoms with Gasteiger partial charge in [-0.25, -0.2) is 0 Å². The molecule has 2 aromatic carbocycles. The number of nitrogens with zero attached hydrogens (tertiary/aromatic N) is 3. The molecule has 1 N–H and O–H groups in total. The highest BCUT2D eigenvalue weighted by atomic mass is 16.3. The molecule has 0 saturated heterocycles. The van der Waals surface area contributed by atoms with Crippen molar-refractivity contribution < 1.29 is 5.11 Å². The largest absolute Gasteiger partial charge is 0.508 e. The van der Waals surface area contributed by atoms with Crippen molar-refractivity contribution in [2.75, 3.05) is 11.9 Å². The van der Waals surface area contributed by atoms with E-state index in [1.54, 1.807) is 12.1 Å². The zero-order valence-corrected chi connectivity index (χ0v) is 15.4. The van der Waals surface area contributed by atoms with E-state index in [2.05, 4.69) is 40.3 Å². The lowest BCUT2D eigenvalue weighted by molar-refractivity contribution is 0.426. The lowest BCUT2D eigenvalue weighted by Gasteiger charge is -2.32. The van der Waals surface area contributed by atoms with Crippen LogP contribution < -0.4 is 4.90 Å². The van der Waals surface area contributed by atoms with Gasteiger partial charge in [0.05, 0.1) is 0 Å². The third-order valence-electron chi connectivity index (χ3n) is 5.59. The molecule has 1 aliphatic carbocycles. The summed E-state index contributed by atoms with van der Waals surface area (Å²) in [5.41, 5.74) is 2.88. The van der Waals surface area contributed by atoms with Crippen LogP contribution in [0, 0.1) is 6.92 Å². The highest BCUT2D eigenvalue weighted by Gasteiger charge is 2.22. The fourth-order valence-electron chi connectivity index (χ4n) is 4.10.